The molecule has 27 heavy (non-hydrogen) atoms. The molecule has 0 saturated heterocycles. The molecule has 1 aliphatic carbocycles. The van der Waals surface area contributed by atoms with E-state index in [9.17, 15) is 4.79 Å². The van der Waals surface area contributed by atoms with E-state index < -0.39 is 0 Å². The van der Waals surface area contributed by atoms with Crippen LogP contribution < -0.4 is 10.1 Å². The minimum Gasteiger partial charge on any atom is -0.497 e. The van der Waals surface area contributed by atoms with Gasteiger partial charge in [0.05, 0.1) is 23.7 Å². The van der Waals surface area contributed by atoms with Gasteiger partial charge >= 0.3 is 0 Å². The van der Waals surface area contributed by atoms with E-state index in [1.165, 1.54) is 0 Å². The average molecular weight is 371 g/mol. The summed E-state index contributed by atoms with van der Waals surface area (Å²) < 4.78 is 5.30. The number of nitrogens with one attached hydrogen (secondary N) is 1. The number of methoxy groups -OCH3 is 1. The number of Topliss-reactive ketones (excluding diaryl/α,β-unsaturated/α-hetero) is 1. The Morgan fingerprint density at radius 3 is 2.37 bits per heavy atom. The molecule has 3 aromatic rings. The maximum absolute atomic E-state index is 13.3. The van der Waals surface area contributed by atoms with Gasteiger partial charge < -0.3 is 10.1 Å². The van der Waals surface area contributed by atoms with Crippen molar-refractivity contribution < 1.29 is 9.53 Å². The van der Waals surface area contributed by atoms with Crippen LogP contribution in [0.15, 0.2) is 83.3 Å². The van der Waals surface area contributed by atoms with Crippen molar-refractivity contribution >= 4 is 28.9 Å². The highest BCUT2D eigenvalue weighted by Gasteiger charge is 2.37. The number of para-hydroxylation sites is 1. The Morgan fingerprint density at radius 2 is 1.59 bits per heavy atom. The first-order chi connectivity index (χ1) is 13.3. The van der Waals surface area contributed by atoms with Crippen LogP contribution in [0.2, 0.25) is 0 Å². The third kappa shape index (κ3) is 2.56. The molecule has 3 aromatic carbocycles. The van der Waals surface area contributed by atoms with E-state index in [1.54, 1.807) is 18.9 Å². The standard InChI is InChI=1S/C23H17NO2S/c1-26-15-12-10-14(11-13-15)23-20-21(16-6-2-3-7-17(16)22(20)25)24-18-8-4-5-9-19(18)27-23/h2-13,23-24H,1H3/t23-/m1/s1. The quantitative estimate of drug-likeness (QED) is 0.640. The normalized spacial score (nSPS) is 17.5. The predicted octanol–water partition coefficient (Wildman–Crippen LogP) is 5.56. The third-order valence-corrected chi connectivity index (χ3v) is 6.38. The van der Waals surface area contributed by atoms with Gasteiger partial charge in [0.25, 0.3) is 0 Å². The molecule has 0 fully saturated rings. The molecule has 0 spiro atoms. The average Bonchev–Trinajstić information content (AvgIpc) is 2.88. The highest BCUT2D eigenvalue weighted by molar-refractivity contribution is 8.00. The second-order valence-corrected chi connectivity index (χ2v) is 7.70. The Kier molecular flexibility index (Phi) is 3.80. The van der Waals surface area contributed by atoms with Gasteiger partial charge in [-0.1, -0.05) is 48.5 Å². The fraction of sp³-hybridized carbons (Fsp3) is 0.0870. The van der Waals surface area contributed by atoms with Crippen molar-refractivity contribution in [2.45, 2.75) is 10.1 Å². The fourth-order valence-electron chi connectivity index (χ4n) is 3.69. The van der Waals surface area contributed by atoms with Gasteiger partial charge in [-0.15, -0.1) is 11.8 Å². The van der Waals surface area contributed by atoms with Crippen molar-refractivity contribution in [1.82, 2.24) is 0 Å². The minimum absolute atomic E-state index is 0.0815. The van der Waals surface area contributed by atoms with Crippen LogP contribution >= 0.6 is 11.8 Å². The van der Waals surface area contributed by atoms with Gasteiger partial charge in [0, 0.05) is 21.6 Å². The maximum Gasteiger partial charge on any atom is 0.193 e. The molecule has 3 nitrogen and oxygen atoms in total. The first-order valence-corrected chi connectivity index (χ1v) is 9.69. The topological polar surface area (TPSA) is 38.3 Å². The summed E-state index contributed by atoms with van der Waals surface area (Å²) in [6.45, 7) is 0. The number of benzene rings is 3. The highest BCUT2D eigenvalue weighted by Crippen LogP contribution is 2.52. The predicted molar refractivity (Wildman–Crippen MR) is 109 cm³/mol. The molecule has 1 atom stereocenters. The second kappa shape index (κ2) is 6.32. The number of thioether (sulfide) groups is 1. The van der Waals surface area contributed by atoms with Crippen molar-refractivity contribution in [3.05, 3.63) is 95.1 Å². The number of carbonyl (C=O) groups is 1. The summed E-state index contributed by atoms with van der Waals surface area (Å²) in [5, 5.41) is 3.46. The molecular formula is C23H17NO2S. The number of hydrogen-bond acceptors (Lipinski definition) is 4. The van der Waals surface area contributed by atoms with E-state index in [1.807, 2.05) is 60.7 Å². The Morgan fingerprint density at radius 1 is 0.889 bits per heavy atom. The zero-order valence-electron chi connectivity index (χ0n) is 14.7. The van der Waals surface area contributed by atoms with Crippen molar-refractivity contribution in [2.24, 2.45) is 0 Å². The van der Waals surface area contributed by atoms with Crippen molar-refractivity contribution in [3.63, 3.8) is 0 Å². The largest absolute Gasteiger partial charge is 0.497 e. The summed E-state index contributed by atoms with van der Waals surface area (Å²) in [6, 6.07) is 24.0. The lowest BCUT2D eigenvalue weighted by molar-refractivity contribution is 0.103. The van der Waals surface area contributed by atoms with Crippen molar-refractivity contribution in [2.75, 3.05) is 12.4 Å². The summed E-state index contributed by atoms with van der Waals surface area (Å²) in [5.74, 6) is 0.917. The van der Waals surface area contributed by atoms with E-state index in [2.05, 4.69) is 17.4 Å². The summed E-state index contributed by atoms with van der Waals surface area (Å²) in [6.07, 6.45) is 0. The van der Waals surface area contributed by atoms with E-state index in [0.717, 1.165) is 44.3 Å². The number of anilines is 1. The van der Waals surface area contributed by atoms with Crippen LogP contribution in [0.25, 0.3) is 5.70 Å². The van der Waals surface area contributed by atoms with Gasteiger partial charge in [-0.25, -0.2) is 0 Å². The summed E-state index contributed by atoms with van der Waals surface area (Å²) in [4.78, 5) is 14.4. The Hall–Kier alpha value is -2.98. The second-order valence-electron chi connectivity index (χ2n) is 6.56. The van der Waals surface area contributed by atoms with Crippen molar-refractivity contribution in [3.8, 4) is 5.75 Å². The van der Waals surface area contributed by atoms with E-state index in [4.69, 9.17) is 4.74 Å². The fourth-order valence-corrected chi connectivity index (χ4v) is 4.99. The lowest BCUT2D eigenvalue weighted by Gasteiger charge is -2.17. The molecule has 2 aliphatic rings. The number of ether oxygens (including phenoxy) is 1. The molecule has 5 rings (SSSR count). The van der Waals surface area contributed by atoms with Crippen LogP contribution in [-0.2, 0) is 0 Å². The summed E-state index contributed by atoms with van der Waals surface area (Å²) in [5.41, 5.74) is 5.63. The zero-order chi connectivity index (χ0) is 18.4. The van der Waals surface area contributed by atoms with Gasteiger partial charge in [0.15, 0.2) is 5.78 Å². The van der Waals surface area contributed by atoms with Crippen molar-refractivity contribution in [1.29, 1.82) is 0 Å². The molecule has 0 amide bonds. The molecule has 0 unspecified atom stereocenters. The first kappa shape index (κ1) is 16.2. The van der Waals surface area contributed by atoms with E-state index in [0.29, 0.717) is 0 Å². The molecule has 0 aromatic heterocycles. The molecule has 0 bridgehead atoms. The summed E-state index contributed by atoms with van der Waals surface area (Å²) >= 11 is 1.71. The molecular weight excluding hydrogens is 354 g/mol. The van der Waals surface area contributed by atoms with Crippen LogP contribution in [0.4, 0.5) is 5.69 Å². The van der Waals surface area contributed by atoms with Gasteiger partial charge in [0.1, 0.15) is 5.75 Å². The zero-order valence-corrected chi connectivity index (χ0v) is 15.5. The third-order valence-electron chi connectivity index (χ3n) is 5.03. The van der Waals surface area contributed by atoms with Gasteiger partial charge in [-0.3, -0.25) is 4.79 Å². The maximum atomic E-state index is 13.3. The van der Waals surface area contributed by atoms with Crippen LogP contribution in [0.3, 0.4) is 0 Å². The molecule has 4 heteroatoms. The number of rotatable bonds is 2. The molecule has 1 aliphatic heterocycles. The van der Waals surface area contributed by atoms with Crippen LogP contribution in [0.1, 0.15) is 26.7 Å². The lowest BCUT2D eigenvalue weighted by Crippen LogP contribution is -2.07. The van der Waals surface area contributed by atoms with Gasteiger partial charge in [-0.2, -0.15) is 0 Å². The van der Waals surface area contributed by atoms with Gasteiger partial charge in [-0.05, 0) is 29.8 Å². The Balaban J connectivity index is 1.71. The van der Waals surface area contributed by atoms with Crippen LogP contribution in [-0.4, -0.2) is 12.9 Å². The molecule has 132 valence electrons. The first-order valence-electron chi connectivity index (χ1n) is 8.81. The number of carbonyl (C=O) groups excluding carboxylic acids is 1. The smallest absolute Gasteiger partial charge is 0.193 e. The van der Waals surface area contributed by atoms with E-state index >= 15 is 0 Å². The Bertz CT molecular complexity index is 1090. The monoisotopic (exact) mass is 371 g/mol. The highest BCUT2D eigenvalue weighted by atomic mass is 32.2. The molecule has 1 heterocycles. The molecule has 1 N–H and O–H groups in total. The molecule has 0 saturated carbocycles. The SMILES string of the molecule is COc1ccc([C@H]2Sc3ccccc3NC3=C2C(=O)c2ccccc23)cc1. The Labute approximate surface area is 162 Å². The molecule has 0 radical (unpaired) electrons. The number of hydrogen-bond donors (Lipinski definition) is 1. The lowest BCUT2D eigenvalue weighted by atomic mass is 10.0. The van der Waals surface area contributed by atoms with Crippen LogP contribution in [0, 0.1) is 0 Å². The summed E-state index contributed by atoms with van der Waals surface area (Å²) in [7, 11) is 1.66. The van der Waals surface area contributed by atoms with Crippen LogP contribution in [0.5, 0.6) is 5.75 Å². The van der Waals surface area contributed by atoms with Gasteiger partial charge in [0.2, 0.25) is 0 Å². The number of ketones is 1. The van der Waals surface area contributed by atoms with E-state index in [-0.39, 0.29) is 11.0 Å². The minimum atomic E-state index is -0.0815. The number of fused-ring (bicyclic) bond motifs is 3.